The van der Waals surface area contributed by atoms with Gasteiger partial charge in [-0.1, -0.05) is 41.7 Å². The van der Waals surface area contributed by atoms with Crippen LogP contribution in [0.2, 0.25) is 0 Å². The number of hydrogen-bond donors (Lipinski definition) is 1. The molecule has 0 radical (unpaired) electrons. The Morgan fingerprint density at radius 3 is 2.48 bits per heavy atom. The molecule has 6 heteroatoms. The molecule has 2 heterocycles. The molecule has 0 unspecified atom stereocenters. The maximum Gasteiger partial charge on any atom is 0.257 e. The maximum atomic E-state index is 12.7. The molecule has 1 fully saturated rings. The summed E-state index contributed by atoms with van der Waals surface area (Å²) in [6.07, 6.45) is 2.14. The smallest absolute Gasteiger partial charge is 0.257 e. The molecular weight excluding hydrogens is 382 g/mol. The van der Waals surface area contributed by atoms with Crippen molar-refractivity contribution in [2.75, 3.05) is 18.4 Å². The van der Waals surface area contributed by atoms with E-state index in [9.17, 15) is 9.59 Å². The highest BCUT2D eigenvalue weighted by molar-refractivity contribution is 7.22. The van der Waals surface area contributed by atoms with Crippen LogP contribution in [-0.4, -0.2) is 34.8 Å². The number of carbonyl (C=O) groups excluding carboxylic acids is 2. The van der Waals surface area contributed by atoms with Crippen molar-refractivity contribution < 1.29 is 9.59 Å². The minimum absolute atomic E-state index is 0.0690. The first-order chi connectivity index (χ1) is 14.2. The summed E-state index contributed by atoms with van der Waals surface area (Å²) in [6, 6.07) is 19.1. The number of fused-ring (bicyclic) bond motifs is 2. The highest BCUT2D eigenvalue weighted by Gasteiger charge is 2.20. The van der Waals surface area contributed by atoms with Gasteiger partial charge >= 0.3 is 0 Å². The summed E-state index contributed by atoms with van der Waals surface area (Å²) in [6.45, 7) is 1.65. The van der Waals surface area contributed by atoms with Crippen LogP contribution < -0.4 is 5.32 Å². The average molecular weight is 401 g/mol. The van der Waals surface area contributed by atoms with E-state index in [2.05, 4.69) is 10.3 Å². The number of likely N-dealkylation sites (tertiary alicyclic amines) is 1. The average Bonchev–Trinajstić information content (AvgIpc) is 3.42. The lowest BCUT2D eigenvalue weighted by atomic mass is 10.1. The van der Waals surface area contributed by atoms with Crippen LogP contribution in [0.5, 0.6) is 0 Å². The summed E-state index contributed by atoms with van der Waals surface area (Å²) in [5.41, 5.74) is 2.05. The summed E-state index contributed by atoms with van der Waals surface area (Å²) in [5.74, 6) is -0.122. The molecule has 0 saturated carbocycles. The lowest BCUT2D eigenvalue weighted by Gasteiger charge is -2.14. The zero-order chi connectivity index (χ0) is 19.8. The largest absolute Gasteiger partial charge is 0.339 e. The van der Waals surface area contributed by atoms with Gasteiger partial charge in [-0.25, -0.2) is 4.98 Å². The predicted octanol–water partition coefficient (Wildman–Crippen LogP) is 4.94. The number of rotatable bonds is 3. The van der Waals surface area contributed by atoms with Gasteiger partial charge in [0, 0.05) is 24.2 Å². The quantitative estimate of drug-likeness (QED) is 0.529. The van der Waals surface area contributed by atoms with Gasteiger partial charge in [0.25, 0.3) is 11.8 Å². The van der Waals surface area contributed by atoms with Crippen molar-refractivity contribution in [1.29, 1.82) is 0 Å². The first-order valence-electron chi connectivity index (χ1n) is 9.67. The van der Waals surface area contributed by atoms with Crippen molar-refractivity contribution in [2.24, 2.45) is 0 Å². The number of amides is 2. The zero-order valence-electron chi connectivity index (χ0n) is 15.7. The van der Waals surface area contributed by atoms with E-state index < -0.39 is 0 Å². The molecule has 3 aromatic carbocycles. The van der Waals surface area contributed by atoms with E-state index in [1.165, 1.54) is 11.3 Å². The van der Waals surface area contributed by atoms with Gasteiger partial charge in [-0.05, 0) is 53.9 Å². The molecule has 0 bridgehead atoms. The minimum Gasteiger partial charge on any atom is -0.339 e. The lowest BCUT2D eigenvalue weighted by Crippen LogP contribution is -2.27. The monoisotopic (exact) mass is 401 g/mol. The van der Waals surface area contributed by atoms with E-state index in [0.717, 1.165) is 46.9 Å². The number of carbonyl (C=O) groups is 2. The van der Waals surface area contributed by atoms with Gasteiger partial charge < -0.3 is 4.90 Å². The standard InChI is InChI=1S/C23H19N3O2S/c27-21(17-8-7-15-5-1-2-6-16(15)13-17)25-23-24-19-10-9-18(14-20(19)29-23)22(28)26-11-3-4-12-26/h1-2,5-10,13-14H,3-4,11-12H2,(H,24,25,27). The topological polar surface area (TPSA) is 62.3 Å². The van der Waals surface area contributed by atoms with Crippen molar-refractivity contribution in [1.82, 2.24) is 9.88 Å². The van der Waals surface area contributed by atoms with Crippen LogP contribution >= 0.6 is 11.3 Å². The molecule has 1 saturated heterocycles. The Morgan fingerprint density at radius 2 is 1.66 bits per heavy atom. The fraction of sp³-hybridized carbons (Fsp3) is 0.174. The Hall–Kier alpha value is -3.25. The van der Waals surface area contributed by atoms with Crippen LogP contribution in [0.4, 0.5) is 5.13 Å². The SMILES string of the molecule is O=C(Nc1nc2ccc(C(=O)N3CCCC3)cc2s1)c1ccc2ccccc2c1. The highest BCUT2D eigenvalue weighted by atomic mass is 32.1. The van der Waals surface area contributed by atoms with Crippen LogP contribution in [0, 0.1) is 0 Å². The number of anilines is 1. The molecule has 0 atom stereocenters. The number of benzene rings is 3. The van der Waals surface area contributed by atoms with Crippen LogP contribution in [0.3, 0.4) is 0 Å². The van der Waals surface area contributed by atoms with Crippen LogP contribution in [0.25, 0.3) is 21.0 Å². The first-order valence-corrected chi connectivity index (χ1v) is 10.5. The molecule has 2 amide bonds. The van der Waals surface area contributed by atoms with E-state index in [1.54, 1.807) is 0 Å². The molecular formula is C23H19N3O2S. The normalized spacial score (nSPS) is 13.9. The molecule has 5 rings (SSSR count). The molecule has 1 N–H and O–H groups in total. The van der Waals surface area contributed by atoms with Gasteiger partial charge in [-0.15, -0.1) is 0 Å². The Balaban J connectivity index is 1.38. The Kier molecular flexibility index (Phi) is 4.48. The minimum atomic E-state index is -0.192. The third-order valence-electron chi connectivity index (χ3n) is 5.26. The fourth-order valence-electron chi connectivity index (χ4n) is 3.71. The second-order valence-corrected chi connectivity index (χ2v) is 8.25. The number of thiazole rings is 1. The molecule has 144 valence electrons. The first kappa shape index (κ1) is 17.8. The van der Waals surface area contributed by atoms with Crippen molar-refractivity contribution in [3.8, 4) is 0 Å². The molecule has 4 aromatic rings. The molecule has 29 heavy (non-hydrogen) atoms. The molecule has 1 aromatic heterocycles. The van der Waals surface area contributed by atoms with Crippen LogP contribution in [-0.2, 0) is 0 Å². The Bertz CT molecular complexity index is 1240. The molecule has 0 aliphatic carbocycles. The van der Waals surface area contributed by atoms with E-state index in [4.69, 9.17) is 0 Å². The molecule has 1 aliphatic heterocycles. The molecule has 5 nitrogen and oxygen atoms in total. The maximum absolute atomic E-state index is 12.7. The van der Waals surface area contributed by atoms with Crippen molar-refractivity contribution in [3.63, 3.8) is 0 Å². The van der Waals surface area contributed by atoms with Crippen molar-refractivity contribution >= 4 is 49.3 Å². The van der Waals surface area contributed by atoms with Gasteiger partial charge in [0.2, 0.25) is 0 Å². The summed E-state index contributed by atoms with van der Waals surface area (Å²) >= 11 is 1.38. The summed E-state index contributed by atoms with van der Waals surface area (Å²) in [7, 11) is 0. The van der Waals surface area contributed by atoms with Gasteiger partial charge in [0.1, 0.15) is 0 Å². The van der Waals surface area contributed by atoms with Gasteiger partial charge in [-0.2, -0.15) is 0 Å². The Labute approximate surface area is 172 Å². The number of hydrogen-bond acceptors (Lipinski definition) is 4. The van der Waals surface area contributed by atoms with Crippen molar-refractivity contribution in [3.05, 3.63) is 71.8 Å². The van der Waals surface area contributed by atoms with Gasteiger partial charge in [0.05, 0.1) is 10.2 Å². The van der Waals surface area contributed by atoms with Gasteiger partial charge in [-0.3, -0.25) is 14.9 Å². The summed E-state index contributed by atoms with van der Waals surface area (Å²) < 4.78 is 0.892. The van der Waals surface area contributed by atoms with Crippen molar-refractivity contribution in [2.45, 2.75) is 12.8 Å². The highest BCUT2D eigenvalue weighted by Crippen LogP contribution is 2.28. The third kappa shape index (κ3) is 3.47. The molecule has 0 spiro atoms. The summed E-state index contributed by atoms with van der Waals surface area (Å²) in [5, 5.41) is 5.54. The third-order valence-corrected chi connectivity index (χ3v) is 6.19. The lowest BCUT2D eigenvalue weighted by molar-refractivity contribution is 0.0792. The van der Waals surface area contributed by atoms with Crippen LogP contribution in [0.15, 0.2) is 60.7 Å². The van der Waals surface area contributed by atoms with E-state index in [0.29, 0.717) is 16.3 Å². The van der Waals surface area contributed by atoms with E-state index >= 15 is 0 Å². The Morgan fingerprint density at radius 1 is 0.897 bits per heavy atom. The van der Waals surface area contributed by atoms with Gasteiger partial charge in [0.15, 0.2) is 5.13 Å². The second kappa shape index (κ2) is 7.29. The van der Waals surface area contributed by atoms with E-state index in [1.807, 2.05) is 65.6 Å². The summed E-state index contributed by atoms with van der Waals surface area (Å²) in [4.78, 5) is 31.7. The second-order valence-electron chi connectivity index (χ2n) is 7.22. The zero-order valence-corrected chi connectivity index (χ0v) is 16.5. The predicted molar refractivity (Wildman–Crippen MR) is 117 cm³/mol. The van der Waals surface area contributed by atoms with E-state index in [-0.39, 0.29) is 11.8 Å². The number of nitrogens with zero attached hydrogens (tertiary/aromatic N) is 2. The molecule has 1 aliphatic rings. The number of nitrogens with one attached hydrogen (secondary N) is 1. The number of aromatic nitrogens is 1. The fourth-order valence-corrected chi connectivity index (χ4v) is 4.61. The van der Waals surface area contributed by atoms with Crippen LogP contribution in [0.1, 0.15) is 33.6 Å².